The van der Waals surface area contributed by atoms with Gasteiger partial charge in [-0.2, -0.15) is 0 Å². The summed E-state index contributed by atoms with van der Waals surface area (Å²) in [6.45, 7) is 4.44. The predicted molar refractivity (Wildman–Crippen MR) is 79.3 cm³/mol. The Hall–Kier alpha value is -2.42. The molecule has 0 fully saturated rings. The lowest BCUT2D eigenvalue weighted by Crippen LogP contribution is -1.97. The number of nitrogen functional groups attached to an aromatic ring is 1. The first-order valence-corrected chi connectivity index (χ1v) is 5.85. The van der Waals surface area contributed by atoms with E-state index in [1.165, 1.54) is 0 Å². The SMILES string of the molecule is C=CCNc1ccc(Nc2ccc(N)cc2)cc1. The van der Waals surface area contributed by atoms with Gasteiger partial charge in [-0.1, -0.05) is 6.08 Å². The van der Waals surface area contributed by atoms with Gasteiger partial charge in [0.25, 0.3) is 0 Å². The Kier molecular flexibility index (Phi) is 3.86. The summed E-state index contributed by atoms with van der Waals surface area (Å²) in [6.07, 6.45) is 1.83. The lowest BCUT2D eigenvalue weighted by molar-refractivity contribution is 1.34. The fourth-order valence-electron chi connectivity index (χ4n) is 1.59. The summed E-state index contributed by atoms with van der Waals surface area (Å²) in [5.74, 6) is 0. The first kappa shape index (κ1) is 12.0. The second-order valence-electron chi connectivity index (χ2n) is 3.99. The lowest BCUT2D eigenvalue weighted by atomic mass is 10.2. The Balaban J connectivity index is 2.01. The van der Waals surface area contributed by atoms with Gasteiger partial charge in [-0.25, -0.2) is 0 Å². The molecule has 0 aromatic heterocycles. The van der Waals surface area contributed by atoms with Crippen LogP contribution in [0, 0.1) is 0 Å². The quantitative estimate of drug-likeness (QED) is 0.552. The Labute approximate surface area is 107 Å². The van der Waals surface area contributed by atoms with Crippen molar-refractivity contribution >= 4 is 22.7 Å². The van der Waals surface area contributed by atoms with Gasteiger partial charge in [0.2, 0.25) is 0 Å². The molecule has 3 nitrogen and oxygen atoms in total. The summed E-state index contributed by atoms with van der Waals surface area (Å²) in [5.41, 5.74) is 9.56. The van der Waals surface area contributed by atoms with Crippen LogP contribution in [0.25, 0.3) is 0 Å². The van der Waals surface area contributed by atoms with Gasteiger partial charge in [-0.05, 0) is 48.5 Å². The molecule has 0 saturated carbocycles. The third-order valence-corrected chi connectivity index (χ3v) is 2.53. The van der Waals surface area contributed by atoms with Crippen LogP contribution in [0.2, 0.25) is 0 Å². The summed E-state index contributed by atoms with van der Waals surface area (Å²) < 4.78 is 0. The van der Waals surface area contributed by atoms with E-state index in [1.54, 1.807) is 0 Å². The van der Waals surface area contributed by atoms with Gasteiger partial charge in [0.05, 0.1) is 0 Å². The summed E-state index contributed by atoms with van der Waals surface area (Å²) in [6, 6.07) is 15.8. The van der Waals surface area contributed by atoms with Gasteiger partial charge < -0.3 is 16.4 Å². The van der Waals surface area contributed by atoms with Crippen LogP contribution in [0.15, 0.2) is 61.2 Å². The van der Waals surface area contributed by atoms with Gasteiger partial charge in [-0.3, -0.25) is 0 Å². The zero-order valence-corrected chi connectivity index (χ0v) is 10.2. The molecular weight excluding hydrogens is 222 g/mol. The van der Waals surface area contributed by atoms with Gasteiger partial charge in [0.1, 0.15) is 0 Å². The van der Waals surface area contributed by atoms with Crippen molar-refractivity contribution in [3.8, 4) is 0 Å². The molecule has 0 aliphatic rings. The molecule has 3 heteroatoms. The van der Waals surface area contributed by atoms with Crippen molar-refractivity contribution in [2.75, 3.05) is 22.9 Å². The lowest BCUT2D eigenvalue weighted by Gasteiger charge is -2.08. The van der Waals surface area contributed by atoms with E-state index in [4.69, 9.17) is 5.73 Å². The van der Waals surface area contributed by atoms with E-state index >= 15 is 0 Å². The maximum Gasteiger partial charge on any atom is 0.0385 e. The minimum absolute atomic E-state index is 0.768. The van der Waals surface area contributed by atoms with Crippen molar-refractivity contribution in [2.45, 2.75) is 0 Å². The summed E-state index contributed by atoms with van der Waals surface area (Å²) >= 11 is 0. The number of hydrogen-bond acceptors (Lipinski definition) is 3. The first-order valence-electron chi connectivity index (χ1n) is 5.85. The van der Waals surface area contributed by atoms with Crippen LogP contribution in [-0.4, -0.2) is 6.54 Å². The normalized spacial score (nSPS) is 9.78. The average Bonchev–Trinajstić information content (AvgIpc) is 2.41. The molecule has 2 aromatic rings. The highest BCUT2D eigenvalue weighted by Crippen LogP contribution is 2.19. The number of nitrogens with two attached hydrogens (primary N) is 1. The van der Waals surface area contributed by atoms with E-state index in [0.29, 0.717) is 0 Å². The molecule has 0 bridgehead atoms. The van der Waals surface area contributed by atoms with Crippen molar-refractivity contribution in [1.29, 1.82) is 0 Å². The molecule has 0 spiro atoms. The monoisotopic (exact) mass is 239 g/mol. The number of rotatable bonds is 5. The minimum atomic E-state index is 0.768. The number of benzene rings is 2. The van der Waals surface area contributed by atoms with Gasteiger partial charge in [-0.15, -0.1) is 6.58 Å². The second kappa shape index (κ2) is 5.77. The van der Waals surface area contributed by atoms with Gasteiger partial charge in [0.15, 0.2) is 0 Å². The molecule has 0 saturated heterocycles. The summed E-state index contributed by atoms with van der Waals surface area (Å²) in [5, 5.41) is 6.54. The fourth-order valence-corrected chi connectivity index (χ4v) is 1.59. The molecule has 0 radical (unpaired) electrons. The fraction of sp³-hybridized carbons (Fsp3) is 0.0667. The average molecular weight is 239 g/mol. The number of hydrogen-bond donors (Lipinski definition) is 3. The molecular formula is C15H17N3. The molecule has 92 valence electrons. The number of anilines is 4. The van der Waals surface area contributed by atoms with E-state index in [2.05, 4.69) is 17.2 Å². The first-order chi connectivity index (χ1) is 8.78. The third kappa shape index (κ3) is 3.28. The highest BCUT2D eigenvalue weighted by Gasteiger charge is 1.95. The van der Waals surface area contributed by atoms with E-state index in [9.17, 15) is 0 Å². The molecule has 0 unspecified atom stereocenters. The molecule has 0 atom stereocenters. The second-order valence-corrected chi connectivity index (χ2v) is 3.99. The van der Waals surface area contributed by atoms with Crippen molar-refractivity contribution < 1.29 is 0 Å². The van der Waals surface area contributed by atoms with Crippen LogP contribution in [0.3, 0.4) is 0 Å². The summed E-state index contributed by atoms with van der Waals surface area (Å²) in [7, 11) is 0. The standard InChI is InChI=1S/C15H17N3/c1-2-11-17-13-7-9-15(10-8-13)18-14-5-3-12(16)4-6-14/h2-10,17-18H,1,11,16H2. The van der Waals surface area contributed by atoms with Crippen molar-refractivity contribution in [2.24, 2.45) is 0 Å². The Morgan fingerprint density at radius 2 is 1.39 bits per heavy atom. The van der Waals surface area contributed by atoms with Crippen LogP contribution in [0.1, 0.15) is 0 Å². The van der Waals surface area contributed by atoms with Crippen LogP contribution in [-0.2, 0) is 0 Å². The Morgan fingerprint density at radius 1 is 0.889 bits per heavy atom. The van der Waals surface area contributed by atoms with Crippen LogP contribution >= 0.6 is 0 Å². The van der Waals surface area contributed by atoms with Crippen LogP contribution in [0.5, 0.6) is 0 Å². The molecule has 4 N–H and O–H groups in total. The largest absolute Gasteiger partial charge is 0.399 e. The zero-order chi connectivity index (χ0) is 12.8. The maximum absolute atomic E-state index is 5.64. The van der Waals surface area contributed by atoms with E-state index in [1.807, 2.05) is 54.6 Å². The van der Waals surface area contributed by atoms with Crippen molar-refractivity contribution in [1.82, 2.24) is 0 Å². The van der Waals surface area contributed by atoms with Crippen LogP contribution in [0.4, 0.5) is 22.7 Å². The van der Waals surface area contributed by atoms with E-state index in [-0.39, 0.29) is 0 Å². The van der Waals surface area contributed by atoms with Crippen molar-refractivity contribution in [3.05, 3.63) is 61.2 Å². The van der Waals surface area contributed by atoms with E-state index in [0.717, 1.165) is 29.3 Å². The number of nitrogens with one attached hydrogen (secondary N) is 2. The summed E-state index contributed by atoms with van der Waals surface area (Å²) in [4.78, 5) is 0. The zero-order valence-electron chi connectivity index (χ0n) is 10.2. The topological polar surface area (TPSA) is 50.1 Å². The molecule has 0 heterocycles. The van der Waals surface area contributed by atoms with Crippen LogP contribution < -0.4 is 16.4 Å². The molecule has 0 aliphatic carbocycles. The third-order valence-electron chi connectivity index (χ3n) is 2.53. The molecule has 0 amide bonds. The van der Waals surface area contributed by atoms with E-state index < -0.39 is 0 Å². The Bertz CT molecular complexity index is 500. The van der Waals surface area contributed by atoms with Gasteiger partial charge in [0, 0.05) is 29.3 Å². The predicted octanol–water partition coefficient (Wildman–Crippen LogP) is 3.61. The molecule has 18 heavy (non-hydrogen) atoms. The minimum Gasteiger partial charge on any atom is -0.399 e. The molecule has 2 aromatic carbocycles. The maximum atomic E-state index is 5.64. The molecule has 2 rings (SSSR count). The highest BCUT2D eigenvalue weighted by molar-refractivity contribution is 5.63. The molecule has 0 aliphatic heterocycles. The highest BCUT2D eigenvalue weighted by atomic mass is 14.9. The smallest absolute Gasteiger partial charge is 0.0385 e. The Morgan fingerprint density at radius 3 is 1.94 bits per heavy atom. The van der Waals surface area contributed by atoms with Gasteiger partial charge >= 0.3 is 0 Å². The van der Waals surface area contributed by atoms with Crippen molar-refractivity contribution in [3.63, 3.8) is 0 Å².